The summed E-state index contributed by atoms with van der Waals surface area (Å²) in [5, 5.41) is 0. The molecule has 122 valence electrons. The van der Waals surface area contributed by atoms with Gasteiger partial charge in [-0.1, -0.05) is 0 Å². The van der Waals surface area contributed by atoms with E-state index < -0.39 is 21.9 Å². The molecule has 0 aromatic carbocycles. The minimum absolute atomic E-state index is 0.0426. The van der Waals surface area contributed by atoms with E-state index in [4.69, 9.17) is 0 Å². The average Bonchev–Trinajstić information content (AvgIpc) is 2.79. The van der Waals surface area contributed by atoms with Gasteiger partial charge in [-0.05, 0) is 26.0 Å². The summed E-state index contributed by atoms with van der Waals surface area (Å²) in [5.41, 5.74) is 0.611. The molecule has 1 unspecified atom stereocenters. The third-order valence-electron chi connectivity index (χ3n) is 3.77. The van der Waals surface area contributed by atoms with E-state index in [9.17, 15) is 17.1 Å². The molecule has 8 heteroatoms. The Labute approximate surface area is 130 Å². The summed E-state index contributed by atoms with van der Waals surface area (Å²) in [7, 11) is -4.56. The lowest BCUT2D eigenvalue weighted by Gasteiger charge is -2.21. The monoisotopic (exact) mass is 329 g/mol. The van der Waals surface area contributed by atoms with Crippen LogP contribution in [-0.4, -0.2) is 44.7 Å². The second-order valence-corrected chi connectivity index (χ2v) is 6.74. The van der Waals surface area contributed by atoms with E-state index in [1.807, 2.05) is 19.9 Å². The van der Waals surface area contributed by atoms with Crippen LogP contribution in [0, 0.1) is 5.92 Å². The first-order chi connectivity index (χ1) is 10.3. The fourth-order valence-electron chi connectivity index (χ4n) is 2.70. The molecule has 0 N–H and O–H groups in total. The van der Waals surface area contributed by atoms with Gasteiger partial charge < -0.3 is 9.80 Å². The number of nitrogens with zero attached hydrogens (tertiary/aromatic N) is 3. The highest BCUT2D eigenvalue weighted by Crippen LogP contribution is 2.26. The molecule has 0 spiro atoms. The molecule has 0 aliphatic carbocycles. The summed E-state index contributed by atoms with van der Waals surface area (Å²) in [6.45, 7) is 5.94. The van der Waals surface area contributed by atoms with Crippen LogP contribution in [-0.2, 0) is 15.0 Å². The molecule has 1 fully saturated rings. The number of amides is 1. The van der Waals surface area contributed by atoms with Crippen LogP contribution in [0.15, 0.2) is 18.3 Å². The molecule has 1 atom stereocenters. The number of pyridine rings is 1. The number of hydrogen-bond acceptors (Lipinski definition) is 5. The summed E-state index contributed by atoms with van der Waals surface area (Å²) in [6, 6.07) is 3.61. The van der Waals surface area contributed by atoms with Crippen LogP contribution >= 0.6 is 0 Å². The van der Waals surface area contributed by atoms with Gasteiger partial charge in [0.05, 0.1) is 17.6 Å². The summed E-state index contributed by atoms with van der Waals surface area (Å²) < 4.78 is 34.2. The van der Waals surface area contributed by atoms with Crippen LogP contribution in [0.5, 0.6) is 0 Å². The Morgan fingerprint density at radius 1 is 1.36 bits per heavy atom. The van der Waals surface area contributed by atoms with E-state index in [2.05, 4.69) is 9.88 Å². The fourth-order valence-corrected chi connectivity index (χ4v) is 3.48. The SMILES string of the molecule is CCN(CC)c1ccc(N2CC(CS(=O)(=O)F)CC2=O)cn1. The van der Waals surface area contributed by atoms with Crippen molar-refractivity contribution in [2.24, 2.45) is 5.92 Å². The number of carbonyl (C=O) groups is 1. The zero-order valence-corrected chi connectivity index (χ0v) is 13.5. The van der Waals surface area contributed by atoms with Crippen molar-refractivity contribution < 1.29 is 17.1 Å². The molecule has 2 heterocycles. The normalized spacial score (nSPS) is 18.8. The van der Waals surface area contributed by atoms with Gasteiger partial charge in [0.1, 0.15) is 5.82 Å². The molecular formula is C14H20FN3O3S. The smallest absolute Gasteiger partial charge is 0.302 e. The van der Waals surface area contributed by atoms with Crippen molar-refractivity contribution in [2.45, 2.75) is 20.3 Å². The number of anilines is 2. The van der Waals surface area contributed by atoms with Crippen molar-refractivity contribution >= 4 is 27.6 Å². The Hall–Kier alpha value is -1.70. The highest BCUT2D eigenvalue weighted by Gasteiger charge is 2.33. The maximum absolute atomic E-state index is 12.7. The molecule has 1 aliphatic rings. The maximum atomic E-state index is 12.7. The summed E-state index contributed by atoms with van der Waals surface area (Å²) in [5.74, 6) is -0.500. The van der Waals surface area contributed by atoms with Crippen molar-refractivity contribution in [1.29, 1.82) is 0 Å². The second kappa shape index (κ2) is 6.60. The molecule has 1 aromatic rings. The highest BCUT2D eigenvalue weighted by atomic mass is 32.3. The Bertz CT molecular complexity index is 629. The minimum Gasteiger partial charge on any atom is -0.357 e. The molecular weight excluding hydrogens is 309 g/mol. The van der Waals surface area contributed by atoms with Gasteiger partial charge in [-0.2, -0.15) is 8.42 Å². The number of rotatable bonds is 6. The van der Waals surface area contributed by atoms with Crippen LogP contribution in [0.25, 0.3) is 0 Å². The van der Waals surface area contributed by atoms with E-state index in [0.717, 1.165) is 18.9 Å². The summed E-state index contributed by atoms with van der Waals surface area (Å²) in [6.07, 6.45) is 1.64. The molecule has 0 bridgehead atoms. The van der Waals surface area contributed by atoms with Crippen molar-refractivity contribution in [3.05, 3.63) is 18.3 Å². The molecule has 1 amide bonds. The van der Waals surface area contributed by atoms with Crippen molar-refractivity contribution in [3.8, 4) is 0 Å². The summed E-state index contributed by atoms with van der Waals surface area (Å²) in [4.78, 5) is 19.9. The van der Waals surface area contributed by atoms with Gasteiger partial charge in [0.25, 0.3) is 0 Å². The Morgan fingerprint density at radius 2 is 2.05 bits per heavy atom. The first-order valence-electron chi connectivity index (χ1n) is 7.27. The third kappa shape index (κ3) is 3.94. The van der Waals surface area contributed by atoms with E-state index in [-0.39, 0.29) is 18.9 Å². The van der Waals surface area contributed by atoms with Gasteiger partial charge in [-0.3, -0.25) is 4.79 Å². The molecule has 1 aromatic heterocycles. The summed E-state index contributed by atoms with van der Waals surface area (Å²) >= 11 is 0. The van der Waals surface area contributed by atoms with E-state index in [1.54, 1.807) is 12.3 Å². The van der Waals surface area contributed by atoms with Gasteiger partial charge in [-0.15, -0.1) is 3.89 Å². The van der Waals surface area contributed by atoms with E-state index in [0.29, 0.717) is 5.69 Å². The second-order valence-electron chi connectivity index (χ2n) is 5.33. The Kier molecular flexibility index (Phi) is 5.00. The lowest BCUT2D eigenvalue weighted by molar-refractivity contribution is -0.117. The Balaban J connectivity index is 2.10. The highest BCUT2D eigenvalue weighted by molar-refractivity contribution is 7.86. The van der Waals surface area contributed by atoms with Gasteiger partial charge in [-0.25, -0.2) is 4.98 Å². The van der Waals surface area contributed by atoms with Crippen LogP contribution in [0.3, 0.4) is 0 Å². The first-order valence-corrected chi connectivity index (χ1v) is 8.83. The number of carbonyl (C=O) groups excluding carboxylic acids is 1. The van der Waals surface area contributed by atoms with E-state index in [1.165, 1.54) is 4.90 Å². The molecule has 6 nitrogen and oxygen atoms in total. The molecule has 0 saturated carbocycles. The van der Waals surface area contributed by atoms with Gasteiger partial charge in [0.2, 0.25) is 5.91 Å². The number of halogens is 1. The predicted octanol–water partition coefficient (Wildman–Crippen LogP) is 1.58. The molecule has 0 radical (unpaired) electrons. The number of hydrogen-bond donors (Lipinski definition) is 0. The van der Waals surface area contributed by atoms with Crippen molar-refractivity contribution in [3.63, 3.8) is 0 Å². The molecule has 1 saturated heterocycles. The van der Waals surface area contributed by atoms with Crippen LogP contribution in [0.2, 0.25) is 0 Å². The van der Waals surface area contributed by atoms with Crippen LogP contribution < -0.4 is 9.80 Å². The zero-order chi connectivity index (χ0) is 16.3. The lowest BCUT2D eigenvalue weighted by atomic mass is 10.1. The number of aromatic nitrogens is 1. The quantitative estimate of drug-likeness (QED) is 0.741. The standard InChI is InChI=1S/C14H20FN3O3S/c1-3-17(4-2)13-6-5-12(8-16-13)18-9-11(7-14(18)19)10-22(15,20)21/h5-6,8,11H,3-4,7,9-10H2,1-2H3. The zero-order valence-electron chi connectivity index (χ0n) is 12.7. The third-order valence-corrected chi connectivity index (χ3v) is 4.64. The van der Waals surface area contributed by atoms with E-state index >= 15 is 0 Å². The predicted molar refractivity (Wildman–Crippen MR) is 83.2 cm³/mol. The molecule has 1 aliphatic heterocycles. The lowest BCUT2D eigenvalue weighted by Crippen LogP contribution is -2.26. The fraction of sp³-hybridized carbons (Fsp3) is 0.571. The van der Waals surface area contributed by atoms with Gasteiger partial charge >= 0.3 is 10.2 Å². The maximum Gasteiger partial charge on any atom is 0.302 e. The average molecular weight is 329 g/mol. The largest absolute Gasteiger partial charge is 0.357 e. The van der Waals surface area contributed by atoms with Crippen LogP contribution in [0.1, 0.15) is 20.3 Å². The van der Waals surface area contributed by atoms with Crippen LogP contribution in [0.4, 0.5) is 15.4 Å². The Morgan fingerprint density at radius 3 is 2.55 bits per heavy atom. The topological polar surface area (TPSA) is 70.6 Å². The van der Waals surface area contributed by atoms with Crippen molar-refractivity contribution in [1.82, 2.24) is 4.98 Å². The van der Waals surface area contributed by atoms with Crippen molar-refractivity contribution in [2.75, 3.05) is 35.2 Å². The first kappa shape index (κ1) is 16.7. The molecule has 22 heavy (non-hydrogen) atoms. The molecule has 2 rings (SSSR count). The minimum atomic E-state index is -4.56. The van der Waals surface area contributed by atoms with Gasteiger partial charge in [0, 0.05) is 32.0 Å². The van der Waals surface area contributed by atoms with Gasteiger partial charge in [0.15, 0.2) is 0 Å².